The number of amides is 1. The highest BCUT2D eigenvalue weighted by atomic mass is 35.5. The Morgan fingerprint density at radius 2 is 2.29 bits per heavy atom. The summed E-state index contributed by atoms with van der Waals surface area (Å²) in [5.74, 6) is 0.190. The molecule has 0 radical (unpaired) electrons. The van der Waals surface area contributed by atoms with Crippen LogP contribution in [0.1, 0.15) is 12.8 Å². The molecule has 17 heavy (non-hydrogen) atoms. The van der Waals surface area contributed by atoms with E-state index < -0.39 is 5.82 Å². The quantitative estimate of drug-likeness (QED) is 0.880. The maximum absolute atomic E-state index is 13.1. The lowest BCUT2D eigenvalue weighted by molar-refractivity contribution is -0.123. The average molecular weight is 258 g/mol. The van der Waals surface area contributed by atoms with E-state index in [0.29, 0.717) is 18.2 Å². The van der Waals surface area contributed by atoms with E-state index in [-0.39, 0.29) is 17.5 Å². The molecule has 1 aliphatic carbocycles. The molecule has 0 heterocycles. The van der Waals surface area contributed by atoms with Gasteiger partial charge in [-0.3, -0.25) is 4.79 Å². The van der Waals surface area contributed by atoms with Crippen LogP contribution >= 0.6 is 11.6 Å². The first-order chi connectivity index (χ1) is 8.15. The molecule has 1 saturated carbocycles. The molecule has 0 aliphatic heterocycles. The summed E-state index contributed by atoms with van der Waals surface area (Å²) in [6.07, 6.45) is 2.37. The molecule has 0 atom stereocenters. The summed E-state index contributed by atoms with van der Waals surface area (Å²) in [7, 11) is 0. The van der Waals surface area contributed by atoms with Crippen molar-refractivity contribution >= 4 is 17.5 Å². The van der Waals surface area contributed by atoms with E-state index in [2.05, 4.69) is 5.32 Å². The molecule has 92 valence electrons. The van der Waals surface area contributed by atoms with Gasteiger partial charge in [0.25, 0.3) is 5.91 Å². The third-order valence-corrected chi connectivity index (χ3v) is 2.85. The smallest absolute Gasteiger partial charge is 0.257 e. The Balaban J connectivity index is 1.75. The zero-order valence-electron chi connectivity index (χ0n) is 9.21. The predicted octanol–water partition coefficient (Wildman–Crippen LogP) is 2.38. The van der Waals surface area contributed by atoms with E-state index in [9.17, 15) is 9.18 Å². The molecule has 1 aliphatic rings. The highest BCUT2D eigenvalue weighted by Crippen LogP contribution is 2.27. The van der Waals surface area contributed by atoms with E-state index >= 15 is 0 Å². The highest BCUT2D eigenvalue weighted by Gasteiger charge is 2.21. The summed E-state index contributed by atoms with van der Waals surface area (Å²) in [4.78, 5) is 11.3. The van der Waals surface area contributed by atoms with Crippen LogP contribution in [0, 0.1) is 11.7 Å². The Morgan fingerprint density at radius 3 is 2.94 bits per heavy atom. The Labute approximate surface area is 104 Å². The number of hydrogen-bond donors (Lipinski definition) is 1. The Morgan fingerprint density at radius 1 is 1.53 bits per heavy atom. The van der Waals surface area contributed by atoms with Crippen LogP contribution in [0.4, 0.5) is 4.39 Å². The predicted molar refractivity (Wildman–Crippen MR) is 62.6 cm³/mol. The molecular weight excluding hydrogens is 245 g/mol. The van der Waals surface area contributed by atoms with Crippen LogP contribution in [0.15, 0.2) is 18.2 Å². The molecule has 1 amide bonds. The fourth-order valence-electron chi connectivity index (χ4n) is 1.35. The van der Waals surface area contributed by atoms with Gasteiger partial charge in [-0.25, -0.2) is 4.39 Å². The second-order valence-electron chi connectivity index (χ2n) is 4.11. The number of benzene rings is 1. The topological polar surface area (TPSA) is 38.3 Å². The van der Waals surface area contributed by atoms with Crippen LogP contribution in [0.2, 0.25) is 5.02 Å². The Hall–Kier alpha value is -1.29. The van der Waals surface area contributed by atoms with Crippen molar-refractivity contribution < 1.29 is 13.9 Å². The van der Waals surface area contributed by atoms with Crippen molar-refractivity contribution in [1.82, 2.24) is 5.32 Å². The summed E-state index contributed by atoms with van der Waals surface area (Å²) in [5, 5.41) is 2.79. The van der Waals surface area contributed by atoms with Crippen molar-refractivity contribution in [3.8, 4) is 5.75 Å². The molecule has 1 aromatic rings. The molecule has 0 aromatic heterocycles. The molecule has 5 heteroatoms. The Bertz CT molecular complexity index is 421. The van der Waals surface area contributed by atoms with Crippen molar-refractivity contribution in [1.29, 1.82) is 0 Å². The molecule has 0 saturated heterocycles. The third-order valence-electron chi connectivity index (χ3n) is 2.55. The molecule has 2 rings (SSSR count). The zero-order valence-corrected chi connectivity index (χ0v) is 9.97. The van der Waals surface area contributed by atoms with E-state index in [1.54, 1.807) is 0 Å². The van der Waals surface area contributed by atoms with Gasteiger partial charge in [0.05, 0.1) is 5.02 Å². The van der Waals surface area contributed by atoms with E-state index in [0.717, 1.165) is 6.07 Å². The van der Waals surface area contributed by atoms with Crippen molar-refractivity contribution in [2.75, 3.05) is 13.2 Å². The fourth-order valence-corrected chi connectivity index (χ4v) is 1.46. The second-order valence-corrected chi connectivity index (χ2v) is 4.52. The number of carbonyl (C=O) groups excluding carboxylic acids is 1. The minimum absolute atomic E-state index is 0.0375. The van der Waals surface area contributed by atoms with Crippen LogP contribution in [-0.4, -0.2) is 19.1 Å². The maximum atomic E-state index is 13.1. The summed E-state index contributed by atoms with van der Waals surface area (Å²) in [6, 6.07) is 4.09. The highest BCUT2D eigenvalue weighted by molar-refractivity contribution is 6.30. The van der Waals surface area contributed by atoms with Gasteiger partial charge < -0.3 is 10.1 Å². The van der Waals surface area contributed by atoms with Crippen molar-refractivity contribution in [3.05, 3.63) is 29.0 Å². The summed E-state index contributed by atoms with van der Waals surface area (Å²) in [6.45, 7) is 0.602. The van der Waals surface area contributed by atoms with Gasteiger partial charge in [0.15, 0.2) is 6.61 Å². The largest absolute Gasteiger partial charge is 0.484 e. The molecule has 1 N–H and O–H groups in total. The van der Waals surface area contributed by atoms with E-state index in [1.807, 2.05) is 0 Å². The number of halogens is 2. The lowest BCUT2D eigenvalue weighted by Crippen LogP contribution is -2.30. The van der Waals surface area contributed by atoms with Gasteiger partial charge in [-0.1, -0.05) is 11.6 Å². The minimum Gasteiger partial charge on any atom is -0.484 e. The fraction of sp³-hybridized carbons (Fsp3) is 0.417. The first-order valence-electron chi connectivity index (χ1n) is 5.49. The number of hydrogen-bond acceptors (Lipinski definition) is 2. The average Bonchev–Trinajstić information content (AvgIpc) is 3.12. The van der Waals surface area contributed by atoms with E-state index in [4.69, 9.17) is 16.3 Å². The molecule has 0 unspecified atom stereocenters. The number of ether oxygens (including phenoxy) is 1. The lowest BCUT2D eigenvalue weighted by Gasteiger charge is -2.07. The van der Waals surface area contributed by atoms with Gasteiger partial charge in [-0.15, -0.1) is 0 Å². The van der Waals surface area contributed by atoms with Crippen LogP contribution in [0.5, 0.6) is 5.75 Å². The molecule has 1 fully saturated rings. The summed E-state index contributed by atoms with van der Waals surface area (Å²) < 4.78 is 18.2. The standard InChI is InChI=1S/C12H13ClFNO2/c13-10-4-3-9(5-11(10)14)17-7-12(16)15-6-8-1-2-8/h3-5,8H,1-2,6-7H2,(H,15,16). The molecule has 0 bridgehead atoms. The molecule has 1 aromatic carbocycles. The first kappa shape index (κ1) is 12.2. The van der Waals surface area contributed by atoms with Crippen molar-refractivity contribution in [2.45, 2.75) is 12.8 Å². The normalized spacial score (nSPS) is 14.5. The van der Waals surface area contributed by atoms with Gasteiger partial charge in [0.1, 0.15) is 11.6 Å². The number of nitrogens with one attached hydrogen (secondary N) is 1. The summed E-state index contributed by atoms with van der Waals surface area (Å²) >= 11 is 5.53. The van der Waals surface area contributed by atoms with Gasteiger partial charge in [-0.05, 0) is 30.9 Å². The lowest BCUT2D eigenvalue weighted by atomic mass is 10.3. The molecule has 0 spiro atoms. The second kappa shape index (κ2) is 5.36. The van der Waals surface area contributed by atoms with Gasteiger partial charge in [0.2, 0.25) is 0 Å². The minimum atomic E-state index is -0.553. The van der Waals surface area contributed by atoms with Crippen molar-refractivity contribution in [2.24, 2.45) is 5.92 Å². The number of rotatable bonds is 5. The van der Waals surface area contributed by atoms with Crippen LogP contribution in [-0.2, 0) is 4.79 Å². The first-order valence-corrected chi connectivity index (χ1v) is 5.87. The maximum Gasteiger partial charge on any atom is 0.257 e. The van der Waals surface area contributed by atoms with Gasteiger partial charge in [-0.2, -0.15) is 0 Å². The molecular formula is C12H13ClFNO2. The summed E-state index contributed by atoms with van der Waals surface area (Å²) in [5.41, 5.74) is 0. The van der Waals surface area contributed by atoms with Crippen LogP contribution in [0.25, 0.3) is 0 Å². The van der Waals surface area contributed by atoms with Crippen LogP contribution in [0.3, 0.4) is 0 Å². The van der Waals surface area contributed by atoms with Gasteiger partial charge >= 0.3 is 0 Å². The van der Waals surface area contributed by atoms with E-state index in [1.165, 1.54) is 25.0 Å². The number of carbonyl (C=O) groups is 1. The molecule has 3 nitrogen and oxygen atoms in total. The third kappa shape index (κ3) is 3.89. The van der Waals surface area contributed by atoms with Crippen molar-refractivity contribution in [3.63, 3.8) is 0 Å². The Kier molecular flexibility index (Phi) is 3.84. The SMILES string of the molecule is O=C(COc1ccc(Cl)c(F)c1)NCC1CC1. The van der Waals surface area contributed by atoms with Gasteiger partial charge in [0, 0.05) is 12.6 Å². The monoisotopic (exact) mass is 257 g/mol. The van der Waals surface area contributed by atoms with Crippen LogP contribution < -0.4 is 10.1 Å². The zero-order chi connectivity index (χ0) is 12.3.